The summed E-state index contributed by atoms with van der Waals surface area (Å²) in [6.45, 7) is 1.85. The highest BCUT2D eigenvalue weighted by atomic mass is 16.3. The number of nitriles is 1. The normalized spacial score (nSPS) is 11.3. The third kappa shape index (κ3) is 4.89. The van der Waals surface area contributed by atoms with E-state index in [1.54, 1.807) is 25.1 Å². The molecule has 0 aliphatic carbocycles. The number of allylic oxidation sites excluding steroid dienone is 2. The van der Waals surface area contributed by atoms with Crippen LogP contribution in [0.25, 0.3) is 6.08 Å². The highest BCUT2D eigenvalue weighted by molar-refractivity contribution is 5.97. The lowest BCUT2D eigenvalue weighted by Gasteiger charge is -2.08. The molecule has 0 spiro atoms. The summed E-state index contributed by atoms with van der Waals surface area (Å²) in [6.07, 6.45) is 4.33. The van der Waals surface area contributed by atoms with Crippen molar-refractivity contribution < 1.29 is 20.1 Å². The van der Waals surface area contributed by atoms with E-state index in [1.807, 2.05) is 6.07 Å². The highest BCUT2D eigenvalue weighted by Crippen LogP contribution is 2.22. The topological polar surface area (TPSA) is 114 Å². The van der Waals surface area contributed by atoms with Gasteiger partial charge < -0.3 is 20.6 Å². The first kappa shape index (κ1) is 18.6. The maximum Gasteiger partial charge on any atom is 0.262 e. The van der Waals surface area contributed by atoms with Crippen molar-refractivity contribution in [1.29, 1.82) is 5.26 Å². The van der Waals surface area contributed by atoms with Crippen LogP contribution in [0.2, 0.25) is 0 Å². The fourth-order valence-corrected chi connectivity index (χ4v) is 2.27. The van der Waals surface area contributed by atoms with Gasteiger partial charge in [-0.15, -0.1) is 0 Å². The number of carbonyl (C=O) groups is 1. The Kier molecular flexibility index (Phi) is 6.01. The average Bonchev–Trinajstić information content (AvgIpc) is 2.59. The van der Waals surface area contributed by atoms with Gasteiger partial charge in [-0.05, 0) is 36.3 Å². The second-order valence-electron chi connectivity index (χ2n) is 5.60. The number of aromatic hydroxyl groups is 3. The van der Waals surface area contributed by atoms with E-state index in [9.17, 15) is 20.1 Å². The van der Waals surface area contributed by atoms with Gasteiger partial charge in [0.2, 0.25) is 0 Å². The minimum absolute atomic E-state index is 0.0927. The number of rotatable bonds is 5. The minimum Gasteiger partial charge on any atom is -0.508 e. The van der Waals surface area contributed by atoms with Crippen LogP contribution < -0.4 is 5.32 Å². The van der Waals surface area contributed by atoms with Gasteiger partial charge in [0.25, 0.3) is 5.91 Å². The lowest BCUT2D eigenvalue weighted by molar-refractivity contribution is -0.117. The first-order valence-corrected chi connectivity index (χ1v) is 7.78. The molecule has 2 aromatic rings. The van der Waals surface area contributed by atoms with Crippen molar-refractivity contribution in [2.45, 2.75) is 13.5 Å². The fourth-order valence-electron chi connectivity index (χ4n) is 2.27. The molecule has 0 aliphatic rings. The van der Waals surface area contributed by atoms with Crippen LogP contribution in [-0.2, 0) is 11.3 Å². The summed E-state index contributed by atoms with van der Waals surface area (Å²) >= 11 is 0. The molecule has 4 N–H and O–H groups in total. The number of amides is 1. The molecule has 0 unspecified atom stereocenters. The van der Waals surface area contributed by atoms with Crippen LogP contribution in [-0.4, -0.2) is 21.2 Å². The zero-order chi connectivity index (χ0) is 19.1. The third-order valence-corrected chi connectivity index (χ3v) is 3.60. The Bertz CT molecular complexity index is 904. The SMILES string of the molecule is Cc1cccc(CNC(=O)/C(C#N)=C/C=C/c2cc(O)cc(O)c2)c1O. The molecule has 6 heteroatoms. The standard InChI is InChI=1S/C20H18N2O4/c1-13-4-2-7-16(19(13)25)12-22-20(26)15(11-21)6-3-5-14-8-17(23)10-18(24)9-14/h2-10,23-25H,12H2,1H3,(H,22,26)/b5-3+,15-6+. The second kappa shape index (κ2) is 8.40. The molecule has 0 saturated heterocycles. The third-order valence-electron chi connectivity index (χ3n) is 3.60. The largest absolute Gasteiger partial charge is 0.508 e. The molecule has 0 heterocycles. The number of hydrogen-bond donors (Lipinski definition) is 4. The van der Waals surface area contributed by atoms with E-state index < -0.39 is 5.91 Å². The van der Waals surface area contributed by atoms with Crippen LogP contribution >= 0.6 is 0 Å². The first-order valence-electron chi connectivity index (χ1n) is 7.78. The van der Waals surface area contributed by atoms with E-state index in [0.717, 1.165) is 0 Å². The second-order valence-corrected chi connectivity index (χ2v) is 5.60. The maximum atomic E-state index is 12.1. The zero-order valence-electron chi connectivity index (χ0n) is 14.1. The number of phenolic OH excluding ortho intramolecular Hbond substituents is 3. The molecule has 0 saturated carbocycles. The molecule has 0 fully saturated rings. The molecule has 1 amide bonds. The van der Waals surface area contributed by atoms with Crippen LogP contribution in [0, 0.1) is 18.3 Å². The number of carbonyl (C=O) groups excluding carboxylic acids is 1. The van der Waals surface area contributed by atoms with Crippen molar-refractivity contribution in [3.63, 3.8) is 0 Å². The van der Waals surface area contributed by atoms with Crippen molar-refractivity contribution >= 4 is 12.0 Å². The molecular weight excluding hydrogens is 332 g/mol. The molecule has 26 heavy (non-hydrogen) atoms. The van der Waals surface area contributed by atoms with E-state index in [-0.39, 0.29) is 29.4 Å². The van der Waals surface area contributed by atoms with Crippen molar-refractivity contribution in [3.05, 3.63) is 70.8 Å². The Hall–Kier alpha value is -3.72. The van der Waals surface area contributed by atoms with Gasteiger partial charge in [-0.1, -0.05) is 30.4 Å². The number of nitrogens with one attached hydrogen (secondary N) is 1. The molecule has 0 aromatic heterocycles. The van der Waals surface area contributed by atoms with Gasteiger partial charge >= 0.3 is 0 Å². The number of nitrogens with zero attached hydrogens (tertiary/aromatic N) is 1. The summed E-state index contributed by atoms with van der Waals surface area (Å²) in [5.74, 6) is -0.648. The van der Waals surface area contributed by atoms with E-state index in [0.29, 0.717) is 16.7 Å². The van der Waals surface area contributed by atoms with Crippen molar-refractivity contribution in [2.75, 3.05) is 0 Å². The predicted octanol–water partition coefficient (Wildman–Crippen LogP) is 2.89. The highest BCUT2D eigenvalue weighted by Gasteiger charge is 2.09. The number of phenols is 3. The van der Waals surface area contributed by atoms with Crippen molar-refractivity contribution in [3.8, 4) is 23.3 Å². The Morgan fingerprint density at radius 2 is 1.88 bits per heavy atom. The maximum absolute atomic E-state index is 12.1. The Morgan fingerprint density at radius 3 is 2.54 bits per heavy atom. The van der Waals surface area contributed by atoms with E-state index >= 15 is 0 Å². The van der Waals surface area contributed by atoms with Crippen LogP contribution in [0.4, 0.5) is 0 Å². The Balaban J connectivity index is 2.06. The molecule has 0 bridgehead atoms. The Morgan fingerprint density at radius 1 is 1.19 bits per heavy atom. The lowest BCUT2D eigenvalue weighted by Crippen LogP contribution is -2.24. The van der Waals surface area contributed by atoms with Gasteiger partial charge in [0, 0.05) is 18.2 Å². The van der Waals surface area contributed by atoms with E-state index in [4.69, 9.17) is 5.26 Å². The molecule has 2 aromatic carbocycles. The Labute approximate surface area is 151 Å². The summed E-state index contributed by atoms with van der Waals surface area (Å²) in [6, 6.07) is 11.1. The van der Waals surface area contributed by atoms with Gasteiger partial charge in [0.05, 0.1) is 0 Å². The molecule has 0 aliphatic heterocycles. The number of para-hydroxylation sites is 1. The van der Waals surface area contributed by atoms with Crippen LogP contribution in [0.15, 0.2) is 54.1 Å². The summed E-state index contributed by atoms with van der Waals surface area (Å²) in [4.78, 5) is 12.1. The monoisotopic (exact) mass is 350 g/mol. The molecule has 132 valence electrons. The van der Waals surface area contributed by atoms with Gasteiger partial charge in [-0.3, -0.25) is 4.79 Å². The molecule has 0 atom stereocenters. The molecule has 2 rings (SSSR count). The number of benzene rings is 2. The van der Waals surface area contributed by atoms with E-state index in [2.05, 4.69) is 5.32 Å². The quantitative estimate of drug-likeness (QED) is 0.376. The fraction of sp³-hybridized carbons (Fsp3) is 0.100. The van der Waals surface area contributed by atoms with Gasteiger partial charge in [-0.25, -0.2) is 0 Å². The predicted molar refractivity (Wildman–Crippen MR) is 97.2 cm³/mol. The van der Waals surface area contributed by atoms with Crippen LogP contribution in [0.5, 0.6) is 17.2 Å². The summed E-state index contributed by atoms with van der Waals surface area (Å²) in [5.41, 5.74) is 1.66. The van der Waals surface area contributed by atoms with Crippen LogP contribution in [0.1, 0.15) is 16.7 Å². The van der Waals surface area contributed by atoms with Gasteiger partial charge in [0.15, 0.2) is 0 Å². The number of hydrogen-bond acceptors (Lipinski definition) is 5. The van der Waals surface area contributed by atoms with Gasteiger partial charge in [0.1, 0.15) is 28.9 Å². The molecular formula is C20H18N2O4. The van der Waals surface area contributed by atoms with Crippen molar-refractivity contribution in [1.82, 2.24) is 5.32 Å². The number of aryl methyl sites for hydroxylation is 1. The zero-order valence-corrected chi connectivity index (χ0v) is 14.1. The van der Waals surface area contributed by atoms with E-state index in [1.165, 1.54) is 36.4 Å². The molecule has 0 radical (unpaired) electrons. The lowest BCUT2D eigenvalue weighted by atomic mass is 10.1. The van der Waals surface area contributed by atoms with Crippen LogP contribution in [0.3, 0.4) is 0 Å². The average molecular weight is 350 g/mol. The van der Waals surface area contributed by atoms with Gasteiger partial charge in [-0.2, -0.15) is 5.26 Å². The molecule has 6 nitrogen and oxygen atoms in total. The summed E-state index contributed by atoms with van der Waals surface area (Å²) < 4.78 is 0. The summed E-state index contributed by atoms with van der Waals surface area (Å²) in [5, 5.41) is 40.5. The first-order chi connectivity index (χ1) is 12.4. The minimum atomic E-state index is -0.572. The smallest absolute Gasteiger partial charge is 0.262 e. The van der Waals surface area contributed by atoms with Crippen molar-refractivity contribution in [2.24, 2.45) is 0 Å². The summed E-state index contributed by atoms with van der Waals surface area (Å²) in [7, 11) is 0.